The minimum atomic E-state index is -1.96. The van der Waals surface area contributed by atoms with E-state index < -0.39 is 17.6 Å². The number of aliphatic hydroxyl groups is 2. The van der Waals surface area contributed by atoms with Crippen LogP contribution in [-0.2, 0) is 10.4 Å². The van der Waals surface area contributed by atoms with Crippen LogP contribution in [0.3, 0.4) is 0 Å². The standard InChI is InChI=1S/C16H14N2O3/c19-13(11-7-3-1-4-8-11)14-16(21,15(20)18-17-14)12-9-5-2-6-10-12/h1-10,13,19,21H,(H,18,20)/t13-,16+/m0/s1. The lowest BCUT2D eigenvalue weighted by molar-refractivity contribution is -0.132. The molecule has 0 radical (unpaired) electrons. The molecule has 5 nitrogen and oxygen atoms in total. The van der Waals surface area contributed by atoms with E-state index in [2.05, 4.69) is 10.5 Å². The number of benzene rings is 2. The molecule has 5 heteroatoms. The number of carbonyl (C=O) groups is 1. The summed E-state index contributed by atoms with van der Waals surface area (Å²) in [6.45, 7) is 0. The highest BCUT2D eigenvalue weighted by molar-refractivity contribution is 6.17. The van der Waals surface area contributed by atoms with E-state index in [0.29, 0.717) is 11.1 Å². The van der Waals surface area contributed by atoms with Crippen LogP contribution in [0.5, 0.6) is 0 Å². The van der Waals surface area contributed by atoms with Crippen LogP contribution in [0.4, 0.5) is 0 Å². The molecule has 2 aromatic rings. The molecule has 0 unspecified atom stereocenters. The maximum atomic E-state index is 12.1. The molecule has 1 heterocycles. The monoisotopic (exact) mass is 282 g/mol. The van der Waals surface area contributed by atoms with Crippen molar-refractivity contribution < 1.29 is 15.0 Å². The molecule has 0 bridgehead atoms. The molecule has 0 fully saturated rings. The highest BCUT2D eigenvalue weighted by Crippen LogP contribution is 2.32. The quantitative estimate of drug-likeness (QED) is 0.788. The lowest BCUT2D eigenvalue weighted by atomic mass is 9.84. The maximum absolute atomic E-state index is 12.1. The van der Waals surface area contributed by atoms with Crippen molar-refractivity contribution in [1.82, 2.24) is 5.43 Å². The van der Waals surface area contributed by atoms with Crippen LogP contribution in [0.1, 0.15) is 17.2 Å². The summed E-state index contributed by atoms with van der Waals surface area (Å²) in [5.41, 5.74) is 1.19. The van der Waals surface area contributed by atoms with Crippen LogP contribution < -0.4 is 5.43 Å². The van der Waals surface area contributed by atoms with Crippen LogP contribution in [-0.4, -0.2) is 21.8 Å². The van der Waals surface area contributed by atoms with Gasteiger partial charge in [-0.2, -0.15) is 5.10 Å². The summed E-state index contributed by atoms with van der Waals surface area (Å²) in [6.07, 6.45) is -1.17. The molecule has 0 spiro atoms. The first kappa shape index (κ1) is 13.5. The van der Waals surface area contributed by atoms with Gasteiger partial charge in [0, 0.05) is 0 Å². The minimum absolute atomic E-state index is 0.0232. The normalized spacial score (nSPS) is 22.6. The Labute approximate surface area is 121 Å². The number of hydrazone groups is 1. The maximum Gasteiger partial charge on any atom is 0.282 e. The Morgan fingerprint density at radius 1 is 1.00 bits per heavy atom. The van der Waals surface area contributed by atoms with Gasteiger partial charge in [-0.1, -0.05) is 60.7 Å². The average molecular weight is 282 g/mol. The van der Waals surface area contributed by atoms with Crippen LogP contribution in [0, 0.1) is 0 Å². The van der Waals surface area contributed by atoms with Crippen molar-refractivity contribution >= 4 is 11.6 Å². The molecule has 0 aliphatic carbocycles. The summed E-state index contributed by atoms with van der Waals surface area (Å²) in [4.78, 5) is 12.1. The zero-order valence-electron chi connectivity index (χ0n) is 11.1. The van der Waals surface area contributed by atoms with Crippen molar-refractivity contribution in [3.63, 3.8) is 0 Å². The molecule has 106 valence electrons. The fraction of sp³-hybridized carbons (Fsp3) is 0.125. The van der Waals surface area contributed by atoms with E-state index in [1.54, 1.807) is 54.6 Å². The molecule has 1 aliphatic heterocycles. The van der Waals surface area contributed by atoms with Crippen molar-refractivity contribution in [2.45, 2.75) is 11.7 Å². The molecule has 3 rings (SSSR count). The van der Waals surface area contributed by atoms with Gasteiger partial charge < -0.3 is 10.2 Å². The Hall–Kier alpha value is -2.50. The predicted molar refractivity (Wildman–Crippen MR) is 77.3 cm³/mol. The van der Waals surface area contributed by atoms with Crippen molar-refractivity contribution in [2.24, 2.45) is 5.10 Å². The van der Waals surface area contributed by atoms with E-state index in [1.807, 2.05) is 6.07 Å². The topological polar surface area (TPSA) is 81.9 Å². The fourth-order valence-corrected chi connectivity index (χ4v) is 2.40. The fourth-order valence-electron chi connectivity index (χ4n) is 2.40. The Balaban J connectivity index is 2.04. The van der Waals surface area contributed by atoms with Gasteiger partial charge in [0.1, 0.15) is 11.8 Å². The summed E-state index contributed by atoms with van der Waals surface area (Å²) < 4.78 is 0. The molecular formula is C16H14N2O3. The summed E-state index contributed by atoms with van der Waals surface area (Å²) in [7, 11) is 0. The van der Waals surface area contributed by atoms with Gasteiger partial charge in [0.05, 0.1) is 0 Å². The van der Waals surface area contributed by atoms with Gasteiger partial charge >= 0.3 is 0 Å². The third-order valence-electron chi connectivity index (χ3n) is 3.54. The van der Waals surface area contributed by atoms with Crippen molar-refractivity contribution in [3.05, 3.63) is 71.8 Å². The molecular weight excluding hydrogens is 268 g/mol. The Bertz CT molecular complexity index is 685. The lowest BCUT2D eigenvalue weighted by Crippen LogP contribution is -2.44. The zero-order chi connectivity index (χ0) is 14.9. The Morgan fingerprint density at radius 2 is 1.57 bits per heavy atom. The smallest absolute Gasteiger partial charge is 0.282 e. The SMILES string of the molecule is O=C1NN=C([C@@H](O)c2ccccc2)[C@]1(O)c1ccccc1. The van der Waals surface area contributed by atoms with E-state index >= 15 is 0 Å². The number of nitrogens with one attached hydrogen (secondary N) is 1. The number of rotatable bonds is 3. The molecule has 0 saturated carbocycles. The average Bonchev–Trinajstić information content (AvgIpc) is 2.85. The second kappa shape index (κ2) is 5.12. The first-order valence-electron chi connectivity index (χ1n) is 6.53. The first-order valence-corrected chi connectivity index (χ1v) is 6.53. The zero-order valence-corrected chi connectivity index (χ0v) is 11.1. The third kappa shape index (κ3) is 2.12. The highest BCUT2D eigenvalue weighted by Gasteiger charge is 2.50. The summed E-state index contributed by atoms with van der Waals surface area (Å²) in [5.74, 6) is -0.668. The summed E-state index contributed by atoms with van der Waals surface area (Å²) in [6, 6.07) is 17.2. The van der Waals surface area contributed by atoms with E-state index in [0.717, 1.165) is 0 Å². The van der Waals surface area contributed by atoms with E-state index in [1.165, 1.54) is 0 Å². The van der Waals surface area contributed by atoms with Crippen molar-refractivity contribution in [3.8, 4) is 0 Å². The molecule has 21 heavy (non-hydrogen) atoms. The number of hydrogen-bond acceptors (Lipinski definition) is 4. The number of nitrogens with zero attached hydrogens (tertiary/aromatic N) is 1. The van der Waals surface area contributed by atoms with Crippen LogP contribution >= 0.6 is 0 Å². The number of carbonyl (C=O) groups excluding carboxylic acids is 1. The van der Waals surface area contributed by atoms with Gasteiger partial charge in [-0.25, -0.2) is 5.43 Å². The van der Waals surface area contributed by atoms with Crippen molar-refractivity contribution in [1.29, 1.82) is 0 Å². The van der Waals surface area contributed by atoms with E-state index in [9.17, 15) is 15.0 Å². The van der Waals surface area contributed by atoms with Gasteiger partial charge in [-0.3, -0.25) is 4.79 Å². The Kier molecular flexibility index (Phi) is 3.29. The third-order valence-corrected chi connectivity index (χ3v) is 3.54. The highest BCUT2D eigenvalue weighted by atomic mass is 16.3. The molecule has 0 aromatic heterocycles. The van der Waals surface area contributed by atoms with E-state index in [4.69, 9.17) is 0 Å². The lowest BCUT2D eigenvalue weighted by Gasteiger charge is -2.25. The van der Waals surface area contributed by atoms with Crippen LogP contribution in [0.2, 0.25) is 0 Å². The van der Waals surface area contributed by atoms with Crippen LogP contribution in [0.15, 0.2) is 65.8 Å². The van der Waals surface area contributed by atoms with Gasteiger partial charge in [0.25, 0.3) is 5.91 Å². The number of hydrogen-bond donors (Lipinski definition) is 3. The number of aliphatic hydroxyl groups excluding tert-OH is 1. The minimum Gasteiger partial charge on any atom is -0.382 e. The van der Waals surface area contributed by atoms with E-state index in [-0.39, 0.29) is 5.71 Å². The van der Waals surface area contributed by atoms with Gasteiger partial charge in [-0.15, -0.1) is 0 Å². The Morgan fingerprint density at radius 3 is 2.19 bits per heavy atom. The molecule has 3 N–H and O–H groups in total. The summed E-state index contributed by atoms with van der Waals surface area (Å²) in [5, 5.41) is 25.1. The van der Waals surface area contributed by atoms with Gasteiger partial charge in [-0.05, 0) is 11.1 Å². The predicted octanol–water partition coefficient (Wildman–Crippen LogP) is 1.09. The molecule has 1 amide bonds. The molecule has 0 saturated heterocycles. The molecule has 1 aliphatic rings. The largest absolute Gasteiger partial charge is 0.382 e. The number of amides is 1. The first-order chi connectivity index (χ1) is 10.1. The second-order valence-corrected chi connectivity index (χ2v) is 4.83. The summed E-state index contributed by atoms with van der Waals surface area (Å²) >= 11 is 0. The van der Waals surface area contributed by atoms with Crippen molar-refractivity contribution in [2.75, 3.05) is 0 Å². The van der Waals surface area contributed by atoms with Gasteiger partial charge in [0.15, 0.2) is 0 Å². The van der Waals surface area contributed by atoms with Crippen LogP contribution in [0.25, 0.3) is 0 Å². The second-order valence-electron chi connectivity index (χ2n) is 4.83. The molecule has 2 aromatic carbocycles. The van der Waals surface area contributed by atoms with Gasteiger partial charge in [0.2, 0.25) is 5.60 Å². The molecule has 2 atom stereocenters.